The minimum absolute atomic E-state index is 0.0120. The molecule has 1 aliphatic heterocycles. The first-order chi connectivity index (χ1) is 12.4. The highest BCUT2D eigenvalue weighted by Gasteiger charge is 2.50. The number of piperazine rings is 1. The van der Waals surface area contributed by atoms with Gasteiger partial charge in [0.05, 0.1) is 19.3 Å². The summed E-state index contributed by atoms with van der Waals surface area (Å²) in [6, 6.07) is 0.0120. The Morgan fingerprint density at radius 2 is 2.12 bits per heavy atom. The Morgan fingerprint density at radius 3 is 2.73 bits per heavy atom. The quantitative estimate of drug-likeness (QED) is 0.674. The molecule has 4 aliphatic rings. The molecule has 2 bridgehead atoms. The number of β-amino-alcohol motifs (C(OH)–C–C–N with tert-alkyl or cyclic N) is 1. The number of amides is 2. The van der Waals surface area contributed by atoms with Gasteiger partial charge in [0.15, 0.2) is 0 Å². The van der Waals surface area contributed by atoms with Crippen LogP contribution in [0.3, 0.4) is 0 Å². The van der Waals surface area contributed by atoms with Crippen LogP contribution in [-0.4, -0.2) is 79.5 Å². The van der Waals surface area contributed by atoms with Crippen molar-refractivity contribution in [2.75, 3.05) is 52.5 Å². The molecule has 0 spiro atoms. The van der Waals surface area contributed by atoms with E-state index in [1.807, 2.05) is 11.8 Å². The van der Waals surface area contributed by atoms with Crippen LogP contribution in [0.15, 0.2) is 11.6 Å². The van der Waals surface area contributed by atoms with E-state index in [-0.39, 0.29) is 6.03 Å². The zero-order valence-corrected chi connectivity index (χ0v) is 16.5. The van der Waals surface area contributed by atoms with E-state index in [4.69, 9.17) is 4.74 Å². The molecule has 1 saturated carbocycles. The first-order valence-electron chi connectivity index (χ1n) is 10.1. The van der Waals surface area contributed by atoms with Gasteiger partial charge in [-0.05, 0) is 42.6 Å². The molecule has 6 heteroatoms. The van der Waals surface area contributed by atoms with Crippen LogP contribution in [0.1, 0.15) is 33.6 Å². The highest BCUT2D eigenvalue weighted by atomic mass is 16.5. The number of aliphatic hydroxyl groups excluding tert-OH is 1. The van der Waals surface area contributed by atoms with Crippen molar-refractivity contribution in [3.8, 4) is 0 Å². The lowest BCUT2D eigenvalue weighted by molar-refractivity contribution is -0.0271. The van der Waals surface area contributed by atoms with E-state index in [9.17, 15) is 9.90 Å². The van der Waals surface area contributed by atoms with Crippen LogP contribution in [0.5, 0.6) is 0 Å². The number of hydrogen-bond donors (Lipinski definition) is 2. The molecule has 0 aromatic rings. The fraction of sp³-hybridized carbons (Fsp3) is 0.850. The highest BCUT2D eigenvalue weighted by Crippen LogP contribution is 2.59. The molecule has 3 aliphatic carbocycles. The van der Waals surface area contributed by atoms with Crippen molar-refractivity contribution in [3.63, 3.8) is 0 Å². The first-order valence-corrected chi connectivity index (χ1v) is 10.1. The monoisotopic (exact) mass is 365 g/mol. The molecule has 3 unspecified atom stereocenters. The molecule has 0 aromatic heterocycles. The Labute approximate surface area is 157 Å². The third-order valence-electron chi connectivity index (χ3n) is 6.62. The van der Waals surface area contributed by atoms with Gasteiger partial charge in [-0.2, -0.15) is 0 Å². The highest BCUT2D eigenvalue weighted by molar-refractivity contribution is 5.74. The lowest BCUT2D eigenvalue weighted by Gasteiger charge is -2.56. The number of carbonyl (C=O) groups is 1. The summed E-state index contributed by atoms with van der Waals surface area (Å²) in [7, 11) is 0. The Bertz CT molecular complexity index is 526. The first kappa shape index (κ1) is 19.6. The van der Waals surface area contributed by atoms with E-state index in [1.54, 1.807) is 0 Å². The van der Waals surface area contributed by atoms with Gasteiger partial charge in [0.1, 0.15) is 0 Å². The van der Waals surface area contributed by atoms with Gasteiger partial charge in [-0.3, -0.25) is 4.90 Å². The smallest absolute Gasteiger partial charge is 0.317 e. The van der Waals surface area contributed by atoms with Crippen molar-refractivity contribution in [1.29, 1.82) is 0 Å². The van der Waals surface area contributed by atoms with Crippen LogP contribution in [0.2, 0.25) is 0 Å². The Kier molecular flexibility index (Phi) is 6.25. The zero-order chi connectivity index (χ0) is 18.7. The second-order valence-electron chi connectivity index (χ2n) is 8.61. The van der Waals surface area contributed by atoms with E-state index in [1.165, 1.54) is 18.4 Å². The minimum Gasteiger partial charge on any atom is -0.389 e. The van der Waals surface area contributed by atoms with E-state index in [0.717, 1.165) is 19.0 Å². The largest absolute Gasteiger partial charge is 0.389 e. The van der Waals surface area contributed by atoms with Gasteiger partial charge in [0.2, 0.25) is 0 Å². The van der Waals surface area contributed by atoms with Crippen molar-refractivity contribution >= 4 is 6.03 Å². The van der Waals surface area contributed by atoms with Crippen LogP contribution < -0.4 is 5.32 Å². The molecule has 1 heterocycles. The summed E-state index contributed by atoms with van der Waals surface area (Å²) in [5.41, 5.74) is 1.86. The molecule has 2 fully saturated rings. The summed E-state index contributed by atoms with van der Waals surface area (Å²) in [5, 5.41) is 13.1. The number of ether oxygens (including phenoxy) is 1. The molecule has 148 valence electrons. The van der Waals surface area contributed by atoms with Crippen LogP contribution >= 0.6 is 0 Å². The molecule has 26 heavy (non-hydrogen) atoms. The van der Waals surface area contributed by atoms with Gasteiger partial charge >= 0.3 is 6.03 Å². The predicted molar refractivity (Wildman–Crippen MR) is 102 cm³/mol. The third-order valence-corrected chi connectivity index (χ3v) is 6.62. The predicted octanol–water partition coefficient (Wildman–Crippen LogP) is 1.70. The second-order valence-corrected chi connectivity index (χ2v) is 8.61. The van der Waals surface area contributed by atoms with Crippen molar-refractivity contribution in [1.82, 2.24) is 15.1 Å². The summed E-state index contributed by atoms with van der Waals surface area (Å²) in [5.74, 6) is 1.51. The maximum atomic E-state index is 11.8. The van der Waals surface area contributed by atoms with Crippen molar-refractivity contribution in [2.45, 2.75) is 39.7 Å². The summed E-state index contributed by atoms with van der Waals surface area (Å²) < 4.78 is 5.84. The van der Waals surface area contributed by atoms with Crippen LogP contribution in [0.25, 0.3) is 0 Å². The molecule has 1 saturated heterocycles. The summed E-state index contributed by atoms with van der Waals surface area (Å²) in [6.45, 7) is 12.0. The van der Waals surface area contributed by atoms with Gasteiger partial charge in [0.25, 0.3) is 0 Å². The number of fused-ring (bicyclic) bond motifs is 1. The molecule has 2 N–H and O–H groups in total. The molecule has 2 amide bonds. The maximum absolute atomic E-state index is 11.8. The topological polar surface area (TPSA) is 65.0 Å². The van der Waals surface area contributed by atoms with Crippen LogP contribution in [0, 0.1) is 17.3 Å². The van der Waals surface area contributed by atoms with Crippen LogP contribution in [0.4, 0.5) is 4.79 Å². The molecule has 0 radical (unpaired) electrons. The lowest BCUT2D eigenvalue weighted by atomic mass is 9.49. The number of nitrogens with one attached hydrogen (secondary N) is 1. The van der Waals surface area contributed by atoms with Crippen LogP contribution in [-0.2, 0) is 4.74 Å². The van der Waals surface area contributed by atoms with E-state index < -0.39 is 6.10 Å². The lowest BCUT2D eigenvalue weighted by Crippen LogP contribution is -2.53. The van der Waals surface area contributed by atoms with Gasteiger partial charge in [-0.25, -0.2) is 4.79 Å². The van der Waals surface area contributed by atoms with Crippen molar-refractivity contribution in [2.24, 2.45) is 17.3 Å². The van der Waals surface area contributed by atoms with Gasteiger partial charge < -0.3 is 20.1 Å². The Morgan fingerprint density at radius 1 is 1.38 bits per heavy atom. The number of nitrogens with zero attached hydrogens (tertiary/aromatic N) is 2. The standard InChI is InChI=1S/C20H35N3O3/c1-4-21-19(25)23-9-7-22(8-10-23)12-17(24)14-26-13-15-5-6-16-11-18(15)20(16,2)3/h5,16-18,24H,4,6-14H2,1-3H3,(H,21,25). The summed E-state index contributed by atoms with van der Waals surface area (Å²) in [6.07, 6.45) is 4.37. The van der Waals surface area contributed by atoms with E-state index in [2.05, 4.69) is 30.1 Å². The van der Waals surface area contributed by atoms with Gasteiger partial charge in [-0.15, -0.1) is 0 Å². The Balaban J connectivity index is 1.32. The fourth-order valence-electron chi connectivity index (χ4n) is 4.70. The second kappa shape index (κ2) is 8.28. The number of aliphatic hydroxyl groups is 1. The molecular formula is C20H35N3O3. The normalized spacial score (nSPS) is 28.9. The number of rotatable bonds is 7. The van der Waals surface area contributed by atoms with E-state index >= 15 is 0 Å². The van der Waals surface area contributed by atoms with Crippen molar-refractivity contribution in [3.05, 3.63) is 11.6 Å². The van der Waals surface area contributed by atoms with Gasteiger partial charge in [0, 0.05) is 39.3 Å². The SMILES string of the molecule is CCNC(=O)N1CCN(CC(O)COCC2=CCC3CC2C3(C)C)CC1. The average Bonchev–Trinajstić information content (AvgIpc) is 2.62. The molecular weight excluding hydrogens is 330 g/mol. The number of hydrogen-bond acceptors (Lipinski definition) is 4. The molecule has 4 rings (SSSR count). The summed E-state index contributed by atoms with van der Waals surface area (Å²) in [4.78, 5) is 15.9. The third kappa shape index (κ3) is 4.24. The molecule has 3 atom stereocenters. The average molecular weight is 366 g/mol. The minimum atomic E-state index is -0.475. The zero-order valence-electron chi connectivity index (χ0n) is 16.5. The molecule has 0 aromatic carbocycles. The number of carbonyl (C=O) groups excluding carboxylic acids is 1. The number of allylic oxidation sites excluding steroid dienone is 1. The maximum Gasteiger partial charge on any atom is 0.317 e. The van der Waals surface area contributed by atoms with Gasteiger partial charge in [-0.1, -0.05) is 19.9 Å². The summed E-state index contributed by atoms with van der Waals surface area (Å²) >= 11 is 0. The van der Waals surface area contributed by atoms with E-state index in [0.29, 0.717) is 50.7 Å². The van der Waals surface area contributed by atoms with Crippen molar-refractivity contribution < 1.29 is 14.6 Å². The Hall–Kier alpha value is -1.11. The fourth-order valence-corrected chi connectivity index (χ4v) is 4.70. The molecule has 6 nitrogen and oxygen atoms in total. The number of urea groups is 1.